The van der Waals surface area contributed by atoms with E-state index in [9.17, 15) is 9.59 Å². The van der Waals surface area contributed by atoms with E-state index in [1.807, 2.05) is 54.6 Å². The number of hydrogen-bond donors (Lipinski definition) is 1. The van der Waals surface area contributed by atoms with Gasteiger partial charge in [0.25, 0.3) is 5.91 Å². The molecule has 0 saturated carbocycles. The van der Waals surface area contributed by atoms with Gasteiger partial charge >= 0.3 is 0 Å². The Morgan fingerprint density at radius 2 is 1.70 bits per heavy atom. The third-order valence-corrected chi connectivity index (χ3v) is 5.17. The molecule has 0 heterocycles. The molecular weight excluding hydrogens is 376 g/mol. The molecule has 0 bridgehead atoms. The largest absolute Gasteiger partial charge is 0.484 e. The maximum Gasteiger partial charge on any atom is 0.261 e. The number of carbonyl (C=O) groups is 2. The van der Waals surface area contributed by atoms with Crippen molar-refractivity contribution in [3.05, 3.63) is 65.7 Å². The number of benzene rings is 2. The number of amides is 2. The van der Waals surface area contributed by atoms with Crippen LogP contribution >= 0.6 is 0 Å². The van der Waals surface area contributed by atoms with Gasteiger partial charge in [0.2, 0.25) is 5.91 Å². The first-order valence-corrected chi connectivity index (χ1v) is 10.9. The zero-order valence-electron chi connectivity index (χ0n) is 18.4. The van der Waals surface area contributed by atoms with Crippen LogP contribution in [0, 0.1) is 0 Å². The Hall–Kier alpha value is -2.82. The third-order valence-electron chi connectivity index (χ3n) is 5.17. The molecule has 2 amide bonds. The topological polar surface area (TPSA) is 58.6 Å². The van der Waals surface area contributed by atoms with Crippen LogP contribution in [0.3, 0.4) is 0 Å². The van der Waals surface area contributed by atoms with Gasteiger partial charge in [0, 0.05) is 13.1 Å². The van der Waals surface area contributed by atoms with Crippen LogP contribution in [0.2, 0.25) is 0 Å². The quantitative estimate of drug-likeness (QED) is 0.538. The van der Waals surface area contributed by atoms with Gasteiger partial charge in [0.15, 0.2) is 6.61 Å². The number of aryl methyl sites for hydroxylation is 1. The number of unbranched alkanes of at least 4 members (excludes halogenated alkanes) is 1. The van der Waals surface area contributed by atoms with E-state index in [4.69, 9.17) is 4.74 Å². The van der Waals surface area contributed by atoms with Gasteiger partial charge in [0.05, 0.1) is 0 Å². The first kappa shape index (κ1) is 23.5. The third kappa shape index (κ3) is 7.54. The highest BCUT2D eigenvalue weighted by Gasteiger charge is 2.25. The molecule has 0 fully saturated rings. The summed E-state index contributed by atoms with van der Waals surface area (Å²) in [5.41, 5.74) is 2.35. The molecule has 0 aliphatic heterocycles. The van der Waals surface area contributed by atoms with Crippen molar-refractivity contribution in [1.29, 1.82) is 0 Å². The highest BCUT2D eigenvalue weighted by Crippen LogP contribution is 2.13. The molecule has 5 nitrogen and oxygen atoms in total. The van der Waals surface area contributed by atoms with Crippen molar-refractivity contribution in [3.63, 3.8) is 0 Å². The first-order chi connectivity index (χ1) is 14.5. The van der Waals surface area contributed by atoms with Gasteiger partial charge in [-0.25, -0.2) is 0 Å². The van der Waals surface area contributed by atoms with Gasteiger partial charge in [-0.1, -0.05) is 62.7 Å². The summed E-state index contributed by atoms with van der Waals surface area (Å²) in [7, 11) is 0. The van der Waals surface area contributed by atoms with Crippen LogP contribution in [0.1, 0.15) is 44.7 Å². The molecule has 0 aromatic heterocycles. The Balaban J connectivity index is 2.01. The summed E-state index contributed by atoms with van der Waals surface area (Å²) < 4.78 is 5.71. The van der Waals surface area contributed by atoms with E-state index in [1.54, 1.807) is 11.8 Å². The smallest absolute Gasteiger partial charge is 0.261 e. The second kappa shape index (κ2) is 12.7. The molecule has 162 valence electrons. The fourth-order valence-electron chi connectivity index (χ4n) is 3.16. The van der Waals surface area contributed by atoms with Crippen molar-refractivity contribution >= 4 is 11.8 Å². The fourth-order valence-corrected chi connectivity index (χ4v) is 3.16. The molecule has 0 saturated heterocycles. The minimum absolute atomic E-state index is 0.0904. The van der Waals surface area contributed by atoms with Gasteiger partial charge in [-0.3, -0.25) is 9.59 Å². The molecule has 2 aromatic rings. The summed E-state index contributed by atoms with van der Waals surface area (Å²) >= 11 is 0. The summed E-state index contributed by atoms with van der Waals surface area (Å²) in [6, 6.07) is 17.2. The summed E-state index contributed by atoms with van der Waals surface area (Å²) in [6.45, 7) is 6.95. The summed E-state index contributed by atoms with van der Waals surface area (Å²) in [6.07, 6.45) is 3.57. The van der Waals surface area contributed by atoms with Gasteiger partial charge in [-0.2, -0.15) is 0 Å². The van der Waals surface area contributed by atoms with Crippen LogP contribution in [0.5, 0.6) is 5.75 Å². The SMILES string of the molecule is CCCCNC(=O)[C@@H](C)N(CCc1ccccc1)C(=O)COc1ccc(CC)cc1. The Morgan fingerprint density at radius 1 is 1.00 bits per heavy atom. The zero-order valence-corrected chi connectivity index (χ0v) is 18.4. The highest BCUT2D eigenvalue weighted by molar-refractivity contribution is 5.87. The molecule has 1 atom stereocenters. The number of ether oxygens (including phenoxy) is 1. The lowest BCUT2D eigenvalue weighted by Crippen LogP contribution is -2.50. The molecular formula is C25H34N2O3. The average Bonchev–Trinajstić information content (AvgIpc) is 2.78. The maximum atomic E-state index is 13.0. The molecule has 0 spiro atoms. The van der Waals surface area contributed by atoms with Crippen LogP contribution in [0.25, 0.3) is 0 Å². The fraction of sp³-hybridized carbons (Fsp3) is 0.440. The lowest BCUT2D eigenvalue weighted by molar-refractivity contribution is -0.141. The molecule has 0 unspecified atom stereocenters. The standard InChI is InChI=1S/C25H34N2O3/c1-4-6-17-26-25(29)20(3)27(18-16-22-10-8-7-9-11-22)24(28)19-30-23-14-12-21(5-2)13-15-23/h7-15,20H,4-6,16-19H2,1-3H3,(H,26,29)/t20-/m1/s1. The number of nitrogens with zero attached hydrogens (tertiary/aromatic N) is 1. The second-order valence-corrected chi connectivity index (χ2v) is 7.43. The average molecular weight is 411 g/mol. The predicted octanol–water partition coefficient (Wildman–Crippen LogP) is 4.00. The van der Waals surface area contributed by atoms with Crippen molar-refractivity contribution < 1.29 is 14.3 Å². The highest BCUT2D eigenvalue weighted by atomic mass is 16.5. The predicted molar refractivity (Wildman–Crippen MR) is 121 cm³/mol. The van der Waals surface area contributed by atoms with E-state index in [-0.39, 0.29) is 18.4 Å². The number of carbonyl (C=O) groups excluding carboxylic acids is 2. The van der Waals surface area contributed by atoms with E-state index in [1.165, 1.54) is 5.56 Å². The molecule has 0 aliphatic carbocycles. The lowest BCUT2D eigenvalue weighted by atomic mass is 10.1. The Kier molecular flexibility index (Phi) is 9.92. The van der Waals surface area contributed by atoms with Crippen LogP contribution in [0.4, 0.5) is 0 Å². The van der Waals surface area contributed by atoms with Crippen LogP contribution in [0.15, 0.2) is 54.6 Å². The van der Waals surface area contributed by atoms with Crippen molar-refractivity contribution in [2.24, 2.45) is 0 Å². The van der Waals surface area contributed by atoms with Gasteiger partial charge in [-0.15, -0.1) is 0 Å². The zero-order chi connectivity index (χ0) is 21.8. The van der Waals surface area contributed by atoms with Crippen molar-refractivity contribution in [1.82, 2.24) is 10.2 Å². The summed E-state index contributed by atoms with van der Waals surface area (Å²) in [5.74, 6) is 0.337. The molecule has 0 radical (unpaired) electrons. The number of hydrogen-bond acceptors (Lipinski definition) is 3. The first-order valence-electron chi connectivity index (χ1n) is 10.9. The molecule has 0 aliphatic rings. The van der Waals surface area contributed by atoms with Crippen LogP contribution in [-0.2, 0) is 22.4 Å². The van der Waals surface area contributed by atoms with Crippen molar-refractivity contribution in [3.8, 4) is 5.75 Å². The number of nitrogens with one attached hydrogen (secondary N) is 1. The van der Waals surface area contributed by atoms with Crippen molar-refractivity contribution in [2.75, 3.05) is 19.7 Å². The van der Waals surface area contributed by atoms with E-state index >= 15 is 0 Å². The molecule has 2 aromatic carbocycles. The summed E-state index contributed by atoms with van der Waals surface area (Å²) in [5, 5.41) is 2.93. The minimum atomic E-state index is -0.552. The Morgan fingerprint density at radius 3 is 2.33 bits per heavy atom. The summed E-state index contributed by atoms with van der Waals surface area (Å²) in [4.78, 5) is 27.2. The molecule has 5 heteroatoms. The van der Waals surface area contributed by atoms with E-state index in [0.717, 1.165) is 24.8 Å². The molecule has 1 N–H and O–H groups in total. The van der Waals surface area contributed by atoms with Gasteiger partial charge in [-0.05, 0) is 49.4 Å². The lowest BCUT2D eigenvalue weighted by Gasteiger charge is -2.28. The number of rotatable bonds is 12. The van der Waals surface area contributed by atoms with E-state index < -0.39 is 6.04 Å². The van der Waals surface area contributed by atoms with Gasteiger partial charge < -0.3 is 15.0 Å². The Labute approximate surface area is 180 Å². The van der Waals surface area contributed by atoms with Crippen molar-refractivity contribution in [2.45, 2.75) is 52.5 Å². The monoisotopic (exact) mass is 410 g/mol. The maximum absolute atomic E-state index is 13.0. The van der Waals surface area contributed by atoms with E-state index in [0.29, 0.717) is 25.3 Å². The minimum Gasteiger partial charge on any atom is -0.484 e. The molecule has 30 heavy (non-hydrogen) atoms. The van der Waals surface area contributed by atoms with Crippen LogP contribution in [-0.4, -0.2) is 42.5 Å². The normalized spacial score (nSPS) is 11.6. The Bertz CT molecular complexity index is 775. The molecule has 2 rings (SSSR count). The van der Waals surface area contributed by atoms with Crippen LogP contribution < -0.4 is 10.1 Å². The van der Waals surface area contributed by atoms with E-state index in [2.05, 4.69) is 19.2 Å². The van der Waals surface area contributed by atoms with Gasteiger partial charge in [0.1, 0.15) is 11.8 Å². The second-order valence-electron chi connectivity index (χ2n) is 7.43.